The number of nitrogens with one attached hydrogen (secondary N) is 1. The molecule has 0 rings (SSSR count). The van der Waals surface area contributed by atoms with E-state index in [4.69, 9.17) is 5.11 Å². The molecule has 0 aromatic carbocycles. The van der Waals surface area contributed by atoms with Crippen molar-refractivity contribution in [2.24, 2.45) is 0 Å². The largest absolute Gasteiger partial charge is 0.481 e. The van der Waals surface area contributed by atoms with Gasteiger partial charge in [-0.2, -0.15) is 0 Å². The number of rotatable bonds is 5. The van der Waals surface area contributed by atoms with Crippen LogP contribution < -0.4 is 5.32 Å². The molecule has 0 spiro atoms. The molecule has 3 heteroatoms. The lowest BCUT2D eigenvalue weighted by atomic mass is 10.1. The highest BCUT2D eigenvalue weighted by molar-refractivity contribution is 5.66. The summed E-state index contributed by atoms with van der Waals surface area (Å²) in [6.45, 7) is 6.11. The van der Waals surface area contributed by atoms with E-state index in [1.807, 2.05) is 6.92 Å². The van der Waals surface area contributed by atoms with Crippen LogP contribution in [-0.2, 0) is 4.79 Å². The van der Waals surface area contributed by atoms with Gasteiger partial charge in [-0.25, -0.2) is 0 Å². The van der Waals surface area contributed by atoms with Crippen LogP contribution >= 0.6 is 0 Å². The van der Waals surface area contributed by atoms with Gasteiger partial charge in [0.25, 0.3) is 0 Å². The Bertz CT molecular complexity index is 123. The average molecular weight is 159 g/mol. The summed E-state index contributed by atoms with van der Waals surface area (Å²) in [6.07, 6.45) is 0.953. The van der Waals surface area contributed by atoms with Crippen molar-refractivity contribution in [2.75, 3.05) is 0 Å². The lowest BCUT2D eigenvalue weighted by Gasteiger charge is -2.15. The topological polar surface area (TPSA) is 49.3 Å². The van der Waals surface area contributed by atoms with E-state index in [0.717, 1.165) is 0 Å². The maximum Gasteiger partial charge on any atom is 0.303 e. The van der Waals surface area contributed by atoms with E-state index >= 15 is 0 Å². The number of carbonyl (C=O) groups is 1. The van der Waals surface area contributed by atoms with Crippen LogP contribution in [-0.4, -0.2) is 23.2 Å². The third kappa shape index (κ3) is 7.33. The molecule has 0 heterocycles. The van der Waals surface area contributed by atoms with Crippen LogP contribution in [0.25, 0.3) is 0 Å². The quantitative estimate of drug-likeness (QED) is 0.634. The first-order valence-electron chi connectivity index (χ1n) is 4.00. The molecule has 0 saturated heterocycles. The van der Waals surface area contributed by atoms with E-state index in [0.29, 0.717) is 18.5 Å². The van der Waals surface area contributed by atoms with Crippen molar-refractivity contribution in [1.29, 1.82) is 0 Å². The second kappa shape index (κ2) is 5.13. The lowest BCUT2D eigenvalue weighted by Crippen LogP contribution is -2.32. The van der Waals surface area contributed by atoms with Gasteiger partial charge in [-0.05, 0) is 13.3 Å². The van der Waals surface area contributed by atoms with E-state index in [2.05, 4.69) is 19.2 Å². The Morgan fingerprint density at radius 1 is 1.45 bits per heavy atom. The zero-order valence-electron chi connectivity index (χ0n) is 7.42. The van der Waals surface area contributed by atoms with Crippen molar-refractivity contribution in [1.82, 2.24) is 5.32 Å². The van der Waals surface area contributed by atoms with Crippen LogP contribution in [0.3, 0.4) is 0 Å². The Hall–Kier alpha value is -0.570. The highest BCUT2D eigenvalue weighted by Gasteiger charge is 2.05. The van der Waals surface area contributed by atoms with Crippen LogP contribution in [0.15, 0.2) is 0 Å². The van der Waals surface area contributed by atoms with E-state index < -0.39 is 5.97 Å². The van der Waals surface area contributed by atoms with Crippen LogP contribution in [0.4, 0.5) is 0 Å². The molecule has 0 radical (unpaired) electrons. The van der Waals surface area contributed by atoms with E-state index in [9.17, 15) is 4.79 Å². The second-order valence-electron chi connectivity index (χ2n) is 3.15. The molecule has 3 nitrogen and oxygen atoms in total. The summed E-state index contributed by atoms with van der Waals surface area (Å²) in [7, 11) is 0. The van der Waals surface area contributed by atoms with Crippen LogP contribution in [0.2, 0.25) is 0 Å². The molecule has 66 valence electrons. The van der Waals surface area contributed by atoms with E-state index in [-0.39, 0.29) is 6.42 Å². The van der Waals surface area contributed by atoms with Crippen molar-refractivity contribution in [3.63, 3.8) is 0 Å². The number of carboxylic acids is 1. The predicted octanol–water partition coefficient (Wildman–Crippen LogP) is 1.24. The predicted molar refractivity (Wildman–Crippen MR) is 44.6 cm³/mol. The summed E-state index contributed by atoms with van der Waals surface area (Å²) in [6, 6.07) is 0.727. The van der Waals surface area contributed by atoms with Crippen LogP contribution in [0.1, 0.15) is 33.6 Å². The number of hydrogen-bond donors (Lipinski definition) is 2. The third-order valence-corrected chi connectivity index (χ3v) is 1.41. The molecule has 0 fully saturated rings. The molecular formula is C8H17NO2. The van der Waals surface area contributed by atoms with Gasteiger partial charge in [-0.15, -0.1) is 0 Å². The SMILES string of the molecule is CC(C)N[C@H](C)CCC(=O)O. The van der Waals surface area contributed by atoms with Gasteiger partial charge in [0.05, 0.1) is 0 Å². The van der Waals surface area contributed by atoms with E-state index in [1.165, 1.54) is 0 Å². The molecule has 0 bridgehead atoms. The molecule has 0 aliphatic heterocycles. The highest BCUT2D eigenvalue weighted by Crippen LogP contribution is 1.97. The minimum Gasteiger partial charge on any atom is -0.481 e. The fourth-order valence-corrected chi connectivity index (χ4v) is 0.992. The van der Waals surface area contributed by atoms with Crippen molar-refractivity contribution >= 4 is 5.97 Å². The molecule has 1 atom stereocenters. The third-order valence-electron chi connectivity index (χ3n) is 1.41. The maximum atomic E-state index is 10.2. The van der Waals surface area contributed by atoms with Gasteiger partial charge in [0.1, 0.15) is 0 Å². The Kier molecular flexibility index (Phi) is 4.86. The fourth-order valence-electron chi connectivity index (χ4n) is 0.992. The molecule has 0 saturated carbocycles. The van der Waals surface area contributed by atoms with Crippen molar-refractivity contribution in [3.8, 4) is 0 Å². The van der Waals surface area contributed by atoms with Gasteiger partial charge >= 0.3 is 5.97 Å². The first-order chi connectivity index (χ1) is 5.02. The van der Waals surface area contributed by atoms with Gasteiger partial charge in [0.15, 0.2) is 0 Å². The summed E-state index contributed by atoms with van der Waals surface area (Å²) in [5, 5.41) is 11.6. The number of carboxylic acid groups (broad SMARTS) is 1. The molecule has 0 aromatic heterocycles. The molecule has 2 N–H and O–H groups in total. The molecule has 0 aromatic rings. The normalized spacial score (nSPS) is 13.5. The van der Waals surface area contributed by atoms with Gasteiger partial charge < -0.3 is 10.4 Å². The first-order valence-corrected chi connectivity index (χ1v) is 4.00. The summed E-state index contributed by atoms with van der Waals surface area (Å²) in [4.78, 5) is 10.2. The van der Waals surface area contributed by atoms with Crippen LogP contribution in [0.5, 0.6) is 0 Å². The Morgan fingerprint density at radius 3 is 2.36 bits per heavy atom. The lowest BCUT2D eigenvalue weighted by molar-refractivity contribution is -0.137. The van der Waals surface area contributed by atoms with Gasteiger partial charge in [-0.3, -0.25) is 4.79 Å². The molecular weight excluding hydrogens is 142 g/mol. The van der Waals surface area contributed by atoms with Crippen molar-refractivity contribution in [2.45, 2.75) is 45.7 Å². The molecule has 0 amide bonds. The summed E-state index contributed by atoms with van der Waals surface area (Å²) < 4.78 is 0. The monoisotopic (exact) mass is 159 g/mol. The number of aliphatic carboxylic acids is 1. The molecule has 0 unspecified atom stereocenters. The smallest absolute Gasteiger partial charge is 0.303 e. The summed E-state index contributed by atoms with van der Waals surface area (Å²) in [5.74, 6) is -0.720. The second-order valence-corrected chi connectivity index (χ2v) is 3.15. The highest BCUT2D eigenvalue weighted by atomic mass is 16.4. The summed E-state index contributed by atoms with van der Waals surface area (Å²) in [5.41, 5.74) is 0. The van der Waals surface area contributed by atoms with Crippen molar-refractivity contribution < 1.29 is 9.90 Å². The molecule has 11 heavy (non-hydrogen) atoms. The minimum atomic E-state index is -0.720. The average Bonchev–Trinajstić information content (AvgIpc) is 1.82. The Labute approximate surface area is 67.8 Å². The zero-order chi connectivity index (χ0) is 8.85. The first kappa shape index (κ1) is 10.4. The van der Waals surface area contributed by atoms with Crippen molar-refractivity contribution in [3.05, 3.63) is 0 Å². The van der Waals surface area contributed by atoms with E-state index in [1.54, 1.807) is 0 Å². The maximum absolute atomic E-state index is 10.2. The Balaban J connectivity index is 3.37. The fraction of sp³-hybridized carbons (Fsp3) is 0.875. The minimum absolute atomic E-state index is 0.251. The van der Waals surface area contributed by atoms with Gasteiger partial charge in [-0.1, -0.05) is 13.8 Å². The van der Waals surface area contributed by atoms with Gasteiger partial charge in [0.2, 0.25) is 0 Å². The zero-order valence-corrected chi connectivity index (χ0v) is 7.42. The number of hydrogen-bond acceptors (Lipinski definition) is 2. The van der Waals surface area contributed by atoms with Crippen LogP contribution in [0, 0.1) is 0 Å². The molecule has 0 aliphatic rings. The van der Waals surface area contributed by atoms with Gasteiger partial charge in [0, 0.05) is 18.5 Å². The summed E-state index contributed by atoms with van der Waals surface area (Å²) >= 11 is 0. The standard InChI is InChI=1S/C8H17NO2/c1-6(2)9-7(3)4-5-8(10)11/h6-7,9H,4-5H2,1-3H3,(H,10,11)/t7-/m1/s1. The molecule has 0 aliphatic carbocycles. The Morgan fingerprint density at radius 2 is 2.00 bits per heavy atom.